The van der Waals surface area contributed by atoms with Gasteiger partial charge in [0.25, 0.3) is 5.56 Å². The van der Waals surface area contributed by atoms with E-state index in [2.05, 4.69) is 26.2 Å². The van der Waals surface area contributed by atoms with Gasteiger partial charge >= 0.3 is 5.69 Å². The van der Waals surface area contributed by atoms with Crippen molar-refractivity contribution in [2.24, 2.45) is 0 Å². The predicted molar refractivity (Wildman–Crippen MR) is 106 cm³/mol. The van der Waals surface area contributed by atoms with Gasteiger partial charge in [-0.25, -0.2) is 4.79 Å². The van der Waals surface area contributed by atoms with Crippen LogP contribution in [-0.4, -0.2) is 39.9 Å². The van der Waals surface area contributed by atoms with Gasteiger partial charge in [0.2, 0.25) is 0 Å². The van der Waals surface area contributed by atoms with Gasteiger partial charge in [0, 0.05) is 19.3 Å². The number of aromatic amines is 2. The second kappa shape index (κ2) is 7.69. The van der Waals surface area contributed by atoms with Crippen LogP contribution in [0.1, 0.15) is 22.9 Å². The summed E-state index contributed by atoms with van der Waals surface area (Å²) in [6, 6.07) is 11.8. The van der Waals surface area contributed by atoms with E-state index in [-0.39, 0.29) is 23.1 Å². The summed E-state index contributed by atoms with van der Waals surface area (Å²) in [7, 11) is 0. The highest BCUT2D eigenvalue weighted by atomic mass is 16.5. The summed E-state index contributed by atoms with van der Waals surface area (Å²) in [6.07, 6.45) is 1.14. The Balaban J connectivity index is 1.69. The first kappa shape index (κ1) is 18.6. The Morgan fingerprint density at radius 1 is 1.24 bits per heavy atom. The molecule has 4 rings (SSSR count). The Morgan fingerprint density at radius 3 is 2.76 bits per heavy atom. The molecule has 146 valence electrons. The van der Waals surface area contributed by atoms with Crippen LogP contribution in [0.5, 0.6) is 0 Å². The third-order valence-electron chi connectivity index (χ3n) is 4.83. The van der Waals surface area contributed by atoms with Gasteiger partial charge in [-0.3, -0.25) is 9.78 Å². The summed E-state index contributed by atoms with van der Waals surface area (Å²) in [5, 5.41) is 17.5. The van der Waals surface area contributed by atoms with E-state index in [1.54, 1.807) is 6.07 Å². The quantitative estimate of drug-likeness (QED) is 0.689. The number of hydrogen-bond acceptors (Lipinski definition) is 7. The van der Waals surface area contributed by atoms with Crippen molar-refractivity contribution in [3.05, 3.63) is 74.2 Å². The average molecular weight is 390 g/mol. The molecule has 1 aromatic carbocycles. The Kier molecular flexibility index (Phi) is 4.93. The first-order valence-electron chi connectivity index (χ1n) is 9.08. The Bertz CT molecular complexity index is 1190. The Morgan fingerprint density at radius 2 is 2.03 bits per heavy atom. The zero-order chi connectivity index (χ0) is 20.4. The van der Waals surface area contributed by atoms with Crippen molar-refractivity contribution in [2.75, 3.05) is 24.6 Å². The number of aromatic nitrogens is 4. The number of ether oxygens (including phenoxy) is 1. The standard InChI is InChI=1S/C20H18N6O3/c1-12-2-4-13(5-3-12)18-11-26(6-7-29-18)17-8-15(24-25-16(17)9-21)14-10-22-20(28)23-19(14)27/h2-5,8,10,18H,6-7,11H2,1H3,(H2,22,23,27,28). The molecule has 3 aromatic rings. The third-order valence-corrected chi connectivity index (χ3v) is 4.83. The number of hydrogen-bond donors (Lipinski definition) is 2. The lowest BCUT2D eigenvalue weighted by molar-refractivity contribution is 0.0397. The Labute approximate surface area is 165 Å². The number of rotatable bonds is 3. The molecule has 1 aliphatic heterocycles. The van der Waals surface area contributed by atoms with Gasteiger partial charge in [0.15, 0.2) is 5.69 Å². The van der Waals surface area contributed by atoms with E-state index in [0.717, 1.165) is 5.56 Å². The van der Waals surface area contributed by atoms with Crippen molar-refractivity contribution in [2.45, 2.75) is 13.0 Å². The highest BCUT2D eigenvalue weighted by Gasteiger charge is 2.25. The van der Waals surface area contributed by atoms with Gasteiger partial charge in [0.05, 0.1) is 17.9 Å². The topological polar surface area (TPSA) is 128 Å². The van der Waals surface area contributed by atoms with Crippen molar-refractivity contribution in [1.82, 2.24) is 20.2 Å². The number of H-pyrrole nitrogens is 2. The van der Waals surface area contributed by atoms with Gasteiger partial charge in [-0.05, 0) is 18.6 Å². The molecular formula is C20H18N6O3. The maximum Gasteiger partial charge on any atom is 0.325 e. The summed E-state index contributed by atoms with van der Waals surface area (Å²) in [4.78, 5) is 30.0. The number of benzene rings is 1. The Hall–Kier alpha value is -3.77. The summed E-state index contributed by atoms with van der Waals surface area (Å²) in [5.41, 5.74) is 2.23. The molecule has 1 atom stereocenters. The van der Waals surface area contributed by atoms with Crippen molar-refractivity contribution in [3.63, 3.8) is 0 Å². The zero-order valence-electron chi connectivity index (χ0n) is 15.7. The van der Waals surface area contributed by atoms with E-state index >= 15 is 0 Å². The molecule has 9 nitrogen and oxygen atoms in total. The molecule has 1 fully saturated rings. The number of nitriles is 1. The third kappa shape index (κ3) is 3.79. The molecule has 1 saturated heterocycles. The lowest BCUT2D eigenvalue weighted by Crippen LogP contribution is -2.39. The molecule has 0 radical (unpaired) electrons. The molecule has 0 spiro atoms. The van der Waals surface area contributed by atoms with E-state index in [1.165, 1.54) is 11.8 Å². The maximum atomic E-state index is 12.1. The number of nitrogens with zero attached hydrogens (tertiary/aromatic N) is 4. The highest BCUT2D eigenvalue weighted by Crippen LogP contribution is 2.29. The molecule has 0 aliphatic carbocycles. The first-order valence-corrected chi connectivity index (χ1v) is 9.08. The van der Waals surface area contributed by atoms with Crippen molar-refractivity contribution >= 4 is 5.69 Å². The van der Waals surface area contributed by atoms with Crippen LogP contribution in [0.2, 0.25) is 0 Å². The van der Waals surface area contributed by atoms with Gasteiger partial charge in [-0.15, -0.1) is 10.2 Å². The normalized spacial score (nSPS) is 16.4. The molecule has 29 heavy (non-hydrogen) atoms. The van der Waals surface area contributed by atoms with Crippen LogP contribution in [0.25, 0.3) is 11.3 Å². The number of nitrogens with one attached hydrogen (secondary N) is 2. The van der Waals surface area contributed by atoms with E-state index in [9.17, 15) is 14.9 Å². The first-order chi connectivity index (χ1) is 14.0. The molecule has 3 heterocycles. The maximum absolute atomic E-state index is 12.1. The molecular weight excluding hydrogens is 372 g/mol. The van der Waals surface area contributed by atoms with Crippen molar-refractivity contribution in [3.8, 4) is 17.3 Å². The van der Waals surface area contributed by atoms with Gasteiger partial charge in [-0.1, -0.05) is 29.8 Å². The predicted octanol–water partition coefficient (Wildman–Crippen LogP) is 1.28. The van der Waals surface area contributed by atoms with Gasteiger partial charge in [-0.2, -0.15) is 5.26 Å². The minimum absolute atomic E-state index is 0.149. The van der Waals surface area contributed by atoms with Gasteiger partial charge < -0.3 is 14.6 Å². The average Bonchev–Trinajstić information content (AvgIpc) is 2.74. The molecule has 0 amide bonds. The number of morpholine rings is 1. The SMILES string of the molecule is Cc1ccc(C2CN(c3cc(-c4c[nH]c(=O)[nH]c4=O)nnc3C#N)CCO2)cc1. The lowest BCUT2D eigenvalue weighted by atomic mass is 10.1. The molecule has 2 aromatic heterocycles. The van der Waals surface area contributed by atoms with Gasteiger partial charge in [0.1, 0.15) is 17.9 Å². The van der Waals surface area contributed by atoms with Crippen LogP contribution in [0, 0.1) is 18.3 Å². The second-order valence-electron chi connectivity index (χ2n) is 6.78. The van der Waals surface area contributed by atoms with Crippen LogP contribution in [0.3, 0.4) is 0 Å². The summed E-state index contributed by atoms with van der Waals surface area (Å²) in [5.74, 6) is 0. The smallest absolute Gasteiger partial charge is 0.325 e. The van der Waals surface area contributed by atoms with Crippen LogP contribution in [0.15, 0.2) is 46.1 Å². The lowest BCUT2D eigenvalue weighted by Gasteiger charge is -2.35. The molecule has 1 aliphatic rings. The van der Waals surface area contributed by atoms with Crippen molar-refractivity contribution < 1.29 is 4.74 Å². The summed E-state index contributed by atoms with van der Waals surface area (Å²) >= 11 is 0. The monoisotopic (exact) mass is 390 g/mol. The van der Waals surface area contributed by atoms with Crippen LogP contribution in [-0.2, 0) is 4.74 Å². The molecule has 9 heteroatoms. The molecule has 2 N–H and O–H groups in total. The molecule has 0 saturated carbocycles. The molecule has 1 unspecified atom stereocenters. The second-order valence-corrected chi connectivity index (χ2v) is 6.78. The minimum atomic E-state index is -0.602. The van der Waals surface area contributed by atoms with E-state index < -0.39 is 11.2 Å². The minimum Gasteiger partial charge on any atom is -0.370 e. The van der Waals surface area contributed by atoms with E-state index in [0.29, 0.717) is 25.4 Å². The summed E-state index contributed by atoms with van der Waals surface area (Å²) < 4.78 is 5.92. The van der Waals surface area contributed by atoms with Crippen LogP contribution >= 0.6 is 0 Å². The van der Waals surface area contributed by atoms with Crippen LogP contribution in [0.4, 0.5) is 5.69 Å². The van der Waals surface area contributed by atoms with E-state index in [1.807, 2.05) is 36.1 Å². The summed E-state index contributed by atoms with van der Waals surface area (Å²) in [6.45, 7) is 3.62. The van der Waals surface area contributed by atoms with Crippen molar-refractivity contribution in [1.29, 1.82) is 5.26 Å². The molecule has 0 bridgehead atoms. The fraction of sp³-hybridized carbons (Fsp3) is 0.250. The fourth-order valence-corrected chi connectivity index (χ4v) is 3.29. The highest BCUT2D eigenvalue weighted by molar-refractivity contribution is 5.66. The fourth-order valence-electron chi connectivity index (χ4n) is 3.29. The number of anilines is 1. The van der Waals surface area contributed by atoms with E-state index in [4.69, 9.17) is 4.74 Å². The number of aryl methyl sites for hydroxylation is 1. The zero-order valence-corrected chi connectivity index (χ0v) is 15.7. The largest absolute Gasteiger partial charge is 0.370 e. The van der Waals surface area contributed by atoms with Crippen LogP contribution < -0.4 is 16.1 Å².